The number of aromatic hydroxyl groups is 1. The lowest BCUT2D eigenvalue weighted by molar-refractivity contribution is -0.870. The first-order valence-electron chi connectivity index (χ1n) is 42.1. The summed E-state index contributed by atoms with van der Waals surface area (Å²) in [6, 6.07) is 20.6. The maximum atomic E-state index is 15.2. The minimum Gasteiger partial charge on any atom is -0.554 e. The molecule has 126 heavy (non-hydrogen) atoms. The quantitative estimate of drug-likeness (QED) is 0.0107. The van der Waals surface area contributed by atoms with Gasteiger partial charge in [-0.15, -0.1) is 0 Å². The van der Waals surface area contributed by atoms with Crippen LogP contribution in [0.25, 0.3) is 22.3 Å². The number of carbonyl (C=O) groups excluding carboxylic acids is 13. The van der Waals surface area contributed by atoms with Gasteiger partial charge < -0.3 is 122 Å². The van der Waals surface area contributed by atoms with Gasteiger partial charge in [0.2, 0.25) is 59.6 Å². The van der Waals surface area contributed by atoms with E-state index in [0.29, 0.717) is 29.9 Å². The number of likely N-dealkylation sites (N-methyl/N-ethyl adjacent to an activating group) is 1. The molecule has 0 spiro atoms. The summed E-state index contributed by atoms with van der Waals surface area (Å²) < 4.78 is 12.3. The molecule has 0 radical (unpaired) electrons. The number of benzene rings is 5. The highest BCUT2D eigenvalue weighted by Gasteiger charge is 2.51. The first kappa shape index (κ1) is 102. The number of unbranched alkanes of at least 4 members (excludes halogenated alkanes) is 2. The van der Waals surface area contributed by atoms with Crippen LogP contribution in [0.4, 0.5) is 5.69 Å². The molecule has 3 aliphatic heterocycles. The number of nitrogens with zero attached hydrogens (tertiary/aromatic N) is 3. The molecule has 17 N–H and O–H groups in total. The number of hydrogen-bond donors (Lipinski definition) is 17. The molecule has 0 aliphatic carbocycles. The summed E-state index contributed by atoms with van der Waals surface area (Å²) in [7, 11) is 5.46. The van der Waals surface area contributed by atoms with Crippen LogP contribution >= 0.6 is 11.8 Å². The summed E-state index contributed by atoms with van der Waals surface area (Å²) in [4.78, 5) is 182. The van der Waals surface area contributed by atoms with E-state index in [1.54, 1.807) is 42.5 Å². The molecule has 688 valence electrons. The molecule has 3 aliphatic rings. The van der Waals surface area contributed by atoms with Gasteiger partial charge in [-0.3, -0.25) is 57.5 Å². The van der Waals surface area contributed by atoms with Crippen LogP contribution in [0, 0.1) is 17.8 Å². The van der Waals surface area contributed by atoms with Crippen molar-refractivity contribution in [2.75, 3.05) is 77.9 Å². The third kappa shape index (κ3) is 29.8. The van der Waals surface area contributed by atoms with Gasteiger partial charge in [0, 0.05) is 69.7 Å². The lowest BCUT2D eigenvalue weighted by Gasteiger charge is -2.34. The van der Waals surface area contributed by atoms with Crippen molar-refractivity contribution >= 4 is 95.2 Å². The number of amides is 11. The number of fused-ring (bicyclic) bond motifs is 2. The van der Waals surface area contributed by atoms with Gasteiger partial charge in [-0.25, -0.2) is 0 Å². The molecule has 3 fully saturated rings. The number of aliphatic hydroxyl groups excluding tert-OH is 7. The van der Waals surface area contributed by atoms with E-state index in [-0.39, 0.29) is 66.2 Å². The first-order chi connectivity index (χ1) is 59.8. The zero-order valence-electron chi connectivity index (χ0n) is 72.6. The number of Topliss-reactive ketones (excluding diaryl/α,β-unsaturated/α-hetero) is 1. The topological polar surface area (TPSA) is 540 Å². The van der Waals surface area contributed by atoms with Crippen molar-refractivity contribution in [3.05, 3.63) is 138 Å². The van der Waals surface area contributed by atoms with Gasteiger partial charge in [0.15, 0.2) is 12.0 Å². The molecular formula is C89H122N12O24S. The number of carbonyl (C=O) groups is 13. The third-order valence-electron chi connectivity index (χ3n) is 21.9. The number of anilines is 1. The standard InChI is InChI=1S/C88H120N12O22S.CH2O2/c1-11-12-16-37-121-61-30-27-57(28-31-61)55-21-19-54(20-22-55)56-23-25-58(26-24-56)79(112)92-67-45-71(107)86(122-38-36-100(7,8)9)97-85(118)75-76(109)50(4)46-99(75)88(120)74(52(6)103)95-80(113)62(44-70(106)68-43-60(104)47-98(68)87(119)73(51(5)102)96-84(67)117)78(111)77(110)59-29-32-69(105)64(42-59)91-72(108)33-35-89-81(114)66(41-53-17-14-13-15-18-53)94-83(116)65(40-49(2)3)93-82(115)63(90-48-101)34-39-123-10;2-1-3/h13-15,17-32,42,48-52,60,62-63,65-68,71,73-78,86,102-104,107,109-111H,11-12,16,33-41,43-47H2,1-10H3,(H9-,89,90,91,92,93,94,95,96,97,101,105,108,112,113,114,115,116,117,118);1H,(H,2,3)/t50-,51+,52+,60+,62-,63-,65-,66-,67-,68-,71+,73-,74-,75-,76-,77-,78-,86+;/m0./s1. The average molecular weight is 1780 g/mol. The van der Waals surface area contributed by atoms with Crippen LogP contribution in [-0.4, -0.2) is 297 Å². The van der Waals surface area contributed by atoms with Crippen molar-refractivity contribution in [2.45, 2.75) is 203 Å². The van der Waals surface area contributed by atoms with Crippen molar-refractivity contribution in [2.24, 2.45) is 17.8 Å². The van der Waals surface area contributed by atoms with Crippen molar-refractivity contribution in [1.29, 1.82) is 0 Å². The Morgan fingerprint density at radius 2 is 1.27 bits per heavy atom. The summed E-state index contributed by atoms with van der Waals surface area (Å²) in [6.45, 7) is 8.25. The van der Waals surface area contributed by atoms with Crippen molar-refractivity contribution < 1.29 is 122 Å². The van der Waals surface area contributed by atoms with Gasteiger partial charge in [0.05, 0.1) is 82.5 Å². The van der Waals surface area contributed by atoms with E-state index in [4.69, 9.17) is 19.4 Å². The van der Waals surface area contributed by atoms with E-state index in [2.05, 4.69) is 54.8 Å². The smallest absolute Gasteiger partial charge is 0.251 e. The number of phenols is 1. The number of aliphatic hydroxyl groups is 7. The number of ketones is 1. The number of carboxylic acid groups (broad SMARTS) is 1. The molecule has 36 nitrogen and oxygen atoms in total. The second kappa shape index (κ2) is 49.2. The van der Waals surface area contributed by atoms with Gasteiger partial charge in [-0.05, 0) is 121 Å². The molecule has 37 heteroatoms. The van der Waals surface area contributed by atoms with E-state index in [1.807, 2.05) is 89.8 Å². The fourth-order valence-corrected chi connectivity index (χ4v) is 15.3. The fourth-order valence-electron chi connectivity index (χ4n) is 14.8. The minimum absolute atomic E-state index is 0.0101. The monoisotopic (exact) mass is 1770 g/mol. The third-order valence-corrected chi connectivity index (χ3v) is 22.5. The molecule has 8 rings (SSSR count). The molecule has 5 aromatic rings. The number of phenolic OH excluding ortho intramolecular Hbond substituents is 1. The largest absolute Gasteiger partial charge is 0.554 e. The molecule has 18 atom stereocenters. The zero-order chi connectivity index (χ0) is 92.8. The summed E-state index contributed by atoms with van der Waals surface area (Å²) in [6.07, 6.45) is -12.7. The minimum atomic E-state index is -2.45. The number of nitrogens with one attached hydrogen (secondary N) is 9. The molecular weight excluding hydrogens is 1650 g/mol. The molecule has 5 aromatic carbocycles. The van der Waals surface area contributed by atoms with Crippen LogP contribution in [0.5, 0.6) is 11.5 Å². The van der Waals surface area contributed by atoms with E-state index in [9.17, 15) is 74.4 Å². The Morgan fingerprint density at radius 3 is 1.85 bits per heavy atom. The van der Waals surface area contributed by atoms with Gasteiger partial charge in [-0.2, -0.15) is 11.8 Å². The number of hydrogen-bond acceptors (Lipinski definition) is 25. The molecule has 3 heterocycles. The molecule has 0 saturated carbocycles. The van der Waals surface area contributed by atoms with Gasteiger partial charge in [0.1, 0.15) is 72.5 Å². The second-order valence-corrected chi connectivity index (χ2v) is 34.4. The highest BCUT2D eigenvalue weighted by atomic mass is 32.2. The summed E-state index contributed by atoms with van der Waals surface area (Å²) in [5.74, 6) is -13.6. The number of thioether (sulfide) groups is 1. The summed E-state index contributed by atoms with van der Waals surface area (Å²) >= 11 is 1.46. The Morgan fingerprint density at radius 1 is 0.690 bits per heavy atom. The molecule has 3 saturated heterocycles. The second-order valence-electron chi connectivity index (χ2n) is 33.4. The van der Waals surface area contributed by atoms with Crippen LogP contribution in [0.1, 0.15) is 127 Å². The van der Waals surface area contributed by atoms with Crippen molar-refractivity contribution in [1.82, 2.24) is 52.3 Å². The molecule has 0 unspecified atom stereocenters. The summed E-state index contributed by atoms with van der Waals surface area (Å²) in [5, 5.41) is 126. The van der Waals surface area contributed by atoms with Crippen molar-refractivity contribution in [3.8, 4) is 33.8 Å². The van der Waals surface area contributed by atoms with E-state index in [1.165, 1.54) is 30.8 Å². The number of quaternary nitrogens is 1. The predicted molar refractivity (Wildman–Crippen MR) is 463 cm³/mol. The van der Waals surface area contributed by atoms with Crippen LogP contribution in [0.3, 0.4) is 0 Å². The molecule has 11 amide bonds. The summed E-state index contributed by atoms with van der Waals surface area (Å²) in [5.41, 5.74) is 3.32. The van der Waals surface area contributed by atoms with E-state index in [0.717, 1.165) is 83.5 Å². The van der Waals surface area contributed by atoms with Crippen LogP contribution < -0.4 is 57.7 Å². The fraction of sp³-hybridized carbons (Fsp3) is 0.517. The zero-order valence-corrected chi connectivity index (χ0v) is 73.4. The Hall–Kier alpha value is -11.0. The highest BCUT2D eigenvalue weighted by molar-refractivity contribution is 7.98. The van der Waals surface area contributed by atoms with Crippen LogP contribution in [0.15, 0.2) is 121 Å². The highest BCUT2D eigenvalue weighted by Crippen LogP contribution is 2.35. The predicted octanol–water partition coefficient (Wildman–Crippen LogP) is -0.169. The van der Waals surface area contributed by atoms with Gasteiger partial charge in [-0.1, -0.05) is 125 Å². The Bertz CT molecular complexity index is 4470. The normalized spacial score (nSPS) is 22.6. The maximum Gasteiger partial charge on any atom is 0.251 e. The van der Waals surface area contributed by atoms with Crippen molar-refractivity contribution in [3.63, 3.8) is 0 Å². The molecule has 0 bridgehead atoms. The maximum absolute atomic E-state index is 15.2. The Balaban J connectivity index is 0.00000715. The molecule has 0 aromatic heterocycles. The van der Waals surface area contributed by atoms with E-state index < -0.39 is 225 Å². The van der Waals surface area contributed by atoms with Gasteiger partial charge >= 0.3 is 0 Å². The first-order valence-corrected chi connectivity index (χ1v) is 43.5. The number of ether oxygens (including phenoxy) is 2. The Kier molecular flexibility index (Phi) is 39.9. The average Bonchev–Trinajstić information content (AvgIpc) is 1.58. The lowest BCUT2D eigenvalue weighted by atomic mass is 9.86. The van der Waals surface area contributed by atoms with Crippen LogP contribution in [-0.2, 0) is 68.7 Å². The SMILES string of the molecule is CCCCCOc1ccc(-c2ccc(-c3ccc(C(=O)N[C@H]4C[C@@H](O)[C@@H](OCC[N+](C)(C)C)NC(=O)[C@@H]5[C@@H](O)[C@@H](C)CN5C(=O)[C@H]([C@@H](C)O)NC(=O)[C@H]([C@H](O)[C@@H](O)c5ccc(O)c(NC(=O)CCNC(=O)[C@H](Cc6ccccc6)NC(=O)[C@H](CC(C)C)NC(=O)[C@H](CCSC)NC=O)c5)CC(=O)[C@@H]5C[C@@H](O)CN5C(=O)[C@H]([C@@H](C)O)NC4=O)cc3)cc2)cc1.O=C[O-]. The van der Waals surface area contributed by atoms with Gasteiger partial charge in [0.25, 0.3) is 5.91 Å². The Labute approximate surface area is 736 Å². The van der Waals surface area contributed by atoms with Crippen LogP contribution in [0.2, 0.25) is 0 Å². The lowest BCUT2D eigenvalue weighted by Crippen LogP contribution is -2.61. The number of rotatable bonds is 36. The van der Waals surface area contributed by atoms with E-state index >= 15 is 24.0 Å².